The van der Waals surface area contributed by atoms with Gasteiger partial charge in [-0.2, -0.15) is 26.3 Å². The van der Waals surface area contributed by atoms with Crippen molar-refractivity contribution in [2.24, 2.45) is 0 Å². The van der Waals surface area contributed by atoms with Crippen LogP contribution in [0.1, 0.15) is 59.8 Å². The molecule has 37 heavy (non-hydrogen) atoms. The molecule has 4 rings (SSSR count). The molecule has 12 heteroatoms. The highest BCUT2D eigenvalue weighted by molar-refractivity contribution is 5.81. The molecule has 200 valence electrons. The second-order valence-electron chi connectivity index (χ2n) is 9.42. The molecule has 2 aromatic rings. The van der Waals surface area contributed by atoms with Crippen LogP contribution in [0.15, 0.2) is 36.5 Å². The van der Waals surface area contributed by atoms with Crippen LogP contribution in [0.2, 0.25) is 0 Å². The number of carbonyl (C=O) groups excluding carboxylic acids is 2. The zero-order valence-electron chi connectivity index (χ0n) is 20.4. The van der Waals surface area contributed by atoms with Crippen molar-refractivity contribution in [1.29, 1.82) is 0 Å². The number of rotatable bonds is 3. The van der Waals surface area contributed by atoms with E-state index in [1.54, 1.807) is 29.0 Å². The normalized spacial score (nSPS) is 21.2. The first kappa shape index (κ1) is 26.7. The number of pyridine rings is 1. The fourth-order valence-corrected chi connectivity index (χ4v) is 5.15. The van der Waals surface area contributed by atoms with Crippen LogP contribution < -0.4 is 0 Å². The summed E-state index contributed by atoms with van der Waals surface area (Å²) in [6, 6.07) is 2.35. The van der Waals surface area contributed by atoms with Gasteiger partial charge >= 0.3 is 18.4 Å². The van der Waals surface area contributed by atoms with Gasteiger partial charge in [-0.25, -0.2) is 4.79 Å². The largest absolute Gasteiger partial charge is 0.416 e. The number of hydrogen-bond donors (Lipinski definition) is 0. The van der Waals surface area contributed by atoms with Crippen LogP contribution >= 0.6 is 0 Å². The van der Waals surface area contributed by atoms with E-state index in [0.717, 1.165) is 10.5 Å². The van der Waals surface area contributed by atoms with Gasteiger partial charge in [0.25, 0.3) is 0 Å². The van der Waals surface area contributed by atoms with Crippen molar-refractivity contribution in [3.63, 3.8) is 0 Å². The summed E-state index contributed by atoms with van der Waals surface area (Å²) in [7, 11) is 1.35. The number of aromatic nitrogens is 1. The highest BCUT2D eigenvalue weighted by atomic mass is 19.4. The number of carbonyl (C=O) groups is 2. The predicted octanol–water partition coefficient (Wildman–Crippen LogP) is 5.59. The lowest BCUT2D eigenvalue weighted by Gasteiger charge is -2.46. The number of halogens is 6. The van der Waals surface area contributed by atoms with Crippen LogP contribution in [0.4, 0.5) is 31.1 Å². The lowest BCUT2D eigenvalue weighted by Crippen LogP contribution is -2.57. The van der Waals surface area contributed by atoms with Gasteiger partial charge in [-0.05, 0) is 55.7 Å². The van der Waals surface area contributed by atoms with Crippen LogP contribution in [-0.2, 0) is 17.1 Å². The predicted molar refractivity (Wildman–Crippen MR) is 121 cm³/mol. The number of benzene rings is 1. The molecule has 2 fully saturated rings. The summed E-state index contributed by atoms with van der Waals surface area (Å²) in [5, 5.41) is 0. The fraction of sp³-hybridized carbons (Fsp3) is 0.480. The molecule has 1 aromatic heterocycles. The average Bonchev–Trinajstić information content (AvgIpc) is 3.22. The van der Waals surface area contributed by atoms with Crippen molar-refractivity contribution >= 4 is 11.9 Å². The second kappa shape index (κ2) is 9.53. The minimum Gasteiger partial charge on any atom is -0.335 e. The molecule has 6 nitrogen and oxygen atoms in total. The van der Waals surface area contributed by atoms with E-state index >= 15 is 0 Å². The van der Waals surface area contributed by atoms with Crippen LogP contribution in [0, 0.1) is 6.92 Å². The Morgan fingerprint density at radius 3 is 2.27 bits per heavy atom. The monoisotopic (exact) mass is 528 g/mol. The number of aryl methyl sites for hydroxylation is 1. The maximum absolute atomic E-state index is 13.7. The zero-order valence-corrected chi connectivity index (χ0v) is 20.4. The van der Waals surface area contributed by atoms with E-state index in [-0.39, 0.29) is 36.7 Å². The van der Waals surface area contributed by atoms with E-state index in [9.17, 15) is 35.9 Å². The Labute approximate surface area is 209 Å². The lowest BCUT2D eigenvalue weighted by atomic mass is 9.92. The Morgan fingerprint density at radius 2 is 1.70 bits per heavy atom. The summed E-state index contributed by atoms with van der Waals surface area (Å²) in [4.78, 5) is 34.9. The molecule has 0 unspecified atom stereocenters. The van der Waals surface area contributed by atoms with Crippen LogP contribution in [0.5, 0.6) is 0 Å². The molecule has 2 saturated heterocycles. The van der Waals surface area contributed by atoms with Crippen molar-refractivity contribution in [1.82, 2.24) is 19.7 Å². The molecule has 3 heterocycles. The van der Waals surface area contributed by atoms with E-state index in [2.05, 4.69) is 4.98 Å². The molecule has 2 aliphatic heterocycles. The third kappa shape index (κ3) is 5.10. The summed E-state index contributed by atoms with van der Waals surface area (Å²) in [6.07, 6.45) is -7.53. The zero-order chi connectivity index (χ0) is 27.3. The minimum atomic E-state index is -4.99. The molecule has 3 amide bonds. The van der Waals surface area contributed by atoms with E-state index < -0.39 is 41.6 Å². The fourth-order valence-electron chi connectivity index (χ4n) is 5.15. The molecule has 0 bridgehead atoms. The van der Waals surface area contributed by atoms with Gasteiger partial charge in [0.2, 0.25) is 5.91 Å². The minimum absolute atomic E-state index is 0.0194. The molecule has 0 N–H and O–H groups in total. The van der Waals surface area contributed by atoms with Gasteiger partial charge in [-0.1, -0.05) is 6.07 Å². The van der Waals surface area contributed by atoms with E-state index in [0.29, 0.717) is 30.7 Å². The van der Waals surface area contributed by atoms with Gasteiger partial charge in [0, 0.05) is 38.4 Å². The maximum atomic E-state index is 13.7. The number of urea groups is 1. The first-order valence-electron chi connectivity index (χ1n) is 11.7. The third-order valence-corrected chi connectivity index (χ3v) is 7.24. The number of amides is 3. The second-order valence-corrected chi connectivity index (χ2v) is 9.42. The van der Waals surface area contributed by atoms with Gasteiger partial charge < -0.3 is 14.7 Å². The number of alkyl halides is 6. The standard InChI is InChI=1S/C25H26F6N4O2/c1-14-19(5-4-8-32-14)22-20-6-7-21(36)34(20)9-10-35(22)23(37)33(3)15(2)16-11-17(24(26,27)28)13-18(12-16)25(29,30)31/h4-5,8,11-13,15,20,22H,6-7,9-10H2,1-3H3/t15-,20+,22+/m1/s1. The van der Waals surface area contributed by atoms with Gasteiger partial charge in [0.05, 0.1) is 29.3 Å². The van der Waals surface area contributed by atoms with Crippen LogP contribution in [-0.4, -0.2) is 57.8 Å². The van der Waals surface area contributed by atoms with E-state index in [1.165, 1.54) is 14.0 Å². The van der Waals surface area contributed by atoms with Gasteiger partial charge in [0.15, 0.2) is 0 Å². The van der Waals surface area contributed by atoms with Gasteiger partial charge in [-0.15, -0.1) is 0 Å². The van der Waals surface area contributed by atoms with Crippen LogP contribution in [0.3, 0.4) is 0 Å². The highest BCUT2D eigenvalue weighted by Crippen LogP contribution is 2.41. The molecule has 1 aromatic carbocycles. The summed E-state index contributed by atoms with van der Waals surface area (Å²) < 4.78 is 80.3. The lowest BCUT2D eigenvalue weighted by molar-refractivity contribution is -0.143. The van der Waals surface area contributed by atoms with Crippen molar-refractivity contribution in [3.8, 4) is 0 Å². The molecular weight excluding hydrogens is 502 g/mol. The number of piperazine rings is 1. The molecule has 0 saturated carbocycles. The average molecular weight is 528 g/mol. The Kier molecular flexibility index (Phi) is 6.89. The Bertz CT molecular complexity index is 1170. The third-order valence-electron chi connectivity index (χ3n) is 7.24. The number of hydrogen-bond acceptors (Lipinski definition) is 3. The topological polar surface area (TPSA) is 56.8 Å². The Morgan fingerprint density at radius 1 is 1.08 bits per heavy atom. The van der Waals surface area contributed by atoms with Crippen LogP contribution in [0.25, 0.3) is 0 Å². The van der Waals surface area contributed by atoms with Crippen molar-refractivity contribution < 1.29 is 35.9 Å². The van der Waals surface area contributed by atoms with Gasteiger partial charge in [0.1, 0.15) is 0 Å². The number of nitrogens with zero attached hydrogens (tertiary/aromatic N) is 4. The van der Waals surface area contributed by atoms with E-state index in [1.807, 2.05) is 6.07 Å². The molecule has 0 radical (unpaired) electrons. The first-order valence-corrected chi connectivity index (χ1v) is 11.7. The summed E-state index contributed by atoms with van der Waals surface area (Å²) >= 11 is 0. The van der Waals surface area contributed by atoms with Crippen molar-refractivity contribution in [2.75, 3.05) is 20.1 Å². The Balaban J connectivity index is 1.69. The quantitative estimate of drug-likeness (QED) is 0.489. The number of fused-ring (bicyclic) bond motifs is 1. The van der Waals surface area contributed by atoms with Gasteiger partial charge in [-0.3, -0.25) is 9.78 Å². The smallest absolute Gasteiger partial charge is 0.335 e. The molecule has 3 atom stereocenters. The first-order chi connectivity index (χ1) is 17.2. The molecule has 0 aliphatic carbocycles. The maximum Gasteiger partial charge on any atom is 0.416 e. The summed E-state index contributed by atoms with van der Waals surface area (Å²) in [5.74, 6) is -0.0194. The molecular formula is C25H26F6N4O2. The summed E-state index contributed by atoms with van der Waals surface area (Å²) in [5.41, 5.74) is -1.77. The Hall–Kier alpha value is -3.31. The SMILES string of the molecule is Cc1ncccc1[C@H]1[C@@H]2CCC(=O)N2CCN1C(=O)N(C)[C@H](C)c1cc(C(F)(F)F)cc(C(F)(F)F)c1. The van der Waals surface area contributed by atoms with E-state index in [4.69, 9.17) is 0 Å². The summed E-state index contributed by atoms with van der Waals surface area (Å²) in [6.45, 7) is 3.61. The highest BCUT2D eigenvalue weighted by Gasteiger charge is 2.46. The van der Waals surface area contributed by atoms with Crippen molar-refractivity contribution in [3.05, 3.63) is 64.5 Å². The molecule has 2 aliphatic rings. The molecule has 0 spiro atoms. The van der Waals surface area contributed by atoms with Crippen molar-refractivity contribution in [2.45, 2.75) is 57.2 Å².